The number of ether oxygens (including phenoxy) is 2. The van der Waals surface area contributed by atoms with Crippen LogP contribution < -0.4 is 11.1 Å². The molecule has 1 rings (SSSR count). The van der Waals surface area contributed by atoms with E-state index in [4.69, 9.17) is 15.2 Å². The van der Waals surface area contributed by atoms with Gasteiger partial charge in [-0.3, -0.25) is 14.9 Å². The Morgan fingerprint density at radius 3 is 2.74 bits per heavy atom. The molecule has 0 fully saturated rings. The Morgan fingerprint density at radius 2 is 2.17 bits per heavy atom. The summed E-state index contributed by atoms with van der Waals surface area (Å²) < 4.78 is 9.87. The number of allylic oxidation sites excluding steroid dienone is 1. The van der Waals surface area contributed by atoms with Gasteiger partial charge in [0, 0.05) is 25.4 Å². The van der Waals surface area contributed by atoms with Crippen molar-refractivity contribution in [2.45, 2.75) is 13.5 Å². The normalized spacial score (nSPS) is 11.0. The number of nitrogens with two attached hydrogens (primary N) is 1. The quantitative estimate of drug-likeness (QED) is 0.382. The van der Waals surface area contributed by atoms with Crippen LogP contribution in [0, 0.1) is 0 Å². The van der Waals surface area contributed by atoms with Crippen LogP contribution in [-0.2, 0) is 25.7 Å². The second kappa shape index (κ2) is 9.38. The molecule has 0 aliphatic carbocycles. The van der Waals surface area contributed by atoms with Gasteiger partial charge in [-0.05, 0) is 13.0 Å². The highest BCUT2D eigenvalue weighted by atomic mass is 16.5. The third kappa shape index (κ3) is 5.24. The number of methoxy groups -OCH3 is 1. The number of aromatic nitrogens is 2. The average Bonchev–Trinajstić information content (AvgIpc) is 2.53. The standard InChI is InChI=1S/C14H18N4O5/c1-3-23-13(21)10-7-16-14(17-11(10)8-22-2)18-12(20)9(6-15)4-5-19/h4-5,7H,3,6,8,15H2,1-2H3,(H,16,17,18,20)/b9-4-. The maximum Gasteiger partial charge on any atom is 0.341 e. The molecule has 0 aromatic carbocycles. The SMILES string of the molecule is CCOC(=O)c1cnc(NC(=O)/C(=C\C=O)CN)nc1COC. The number of aldehydes is 1. The average molecular weight is 322 g/mol. The fourth-order valence-corrected chi connectivity index (χ4v) is 1.60. The van der Waals surface area contributed by atoms with Crippen LogP contribution in [0.2, 0.25) is 0 Å². The molecule has 9 nitrogen and oxygen atoms in total. The van der Waals surface area contributed by atoms with Crippen LogP contribution in [0.15, 0.2) is 17.8 Å². The molecule has 0 unspecified atom stereocenters. The molecule has 1 aromatic heterocycles. The second-order valence-corrected chi connectivity index (χ2v) is 4.19. The van der Waals surface area contributed by atoms with Gasteiger partial charge in [-0.2, -0.15) is 0 Å². The number of hydrogen-bond acceptors (Lipinski definition) is 8. The molecule has 0 saturated heterocycles. The van der Waals surface area contributed by atoms with E-state index in [0.29, 0.717) is 6.29 Å². The summed E-state index contributed by atoms with van der Waals surface area (Å²) in [7, 11) is 1.44. The summed E-state index contributed by atoms with van der Waals surface area (Å²) in [5, 5.41) is 2.40. The molecule has 0 aliphatic heterocycles. The van der Waals surface area contributed by atoms with Gasteiger partial charge in [0.05, 0.1) is 18.9 Å². The Morgan fingerprint density at radius 1 is 1.43 bits per heavy atom. The molecule has 23 heavy (non-hydrogen) atoms. The molecule has 0 atom stereocenters. The van der Waals surface area contributed by atoms with Gasteiger partial charge in [0.25, 0.3) is 5.91 Å². The van der Waals surface area contributed by atoms with Crippen LogP contribution >= 0.6 is 0 Å². The third-order valence-electron chi connectivity index (χ3n) is 2.65. The zero-order chi connectivity index (χ0) is 17.2. The van der Waals surface area contributed by atoms with Gasteiger partial charge in [0.1, 0.15) is 11.8 Å². The van der Waals surface area contributed by atoms with E-state index < -0.39 is 11.9 Å². The van der Waals surface area contributed by atoms with E-state index in [0.717, 1.165) is 6.08 Å². The first kappa shape index (κ1) is 18.4. The Labute approximate surface area is 132 Å². The summed E-state index contributed by atoms with van der Waals surface area (Å²) >= 11 is 0. The fourth-order valence-electron chi connectivity index (χ4n) is 1.60. The number of esters is 1. The topological polar surface area (TPSA) is 133 Å². The predicted octanol–water partition coefficient (Wildman–Crippen LogP) is -0.178. The van der Waals surface area contributed by atoms with Crippen LogP contribution in [0.25, 0.3) is 0 Å². The van der Waals surface area contributed by atoms with Crippen molar-refractivity contribution < 1.29 is 23.9 Å². The van der Waals surface area contributed by atoms with Gasteiger partial charge >= 0.3 is 5.97 Å². The number of anilines is 1. The molecule has 0 spiro atoms. The van der Waals surface area contributed by atoms with Crippen LogP contribution in [0.3, 0.4) is 0 Å². The minimum Gasteiger partial charge on any atom is -0.462 e. The molecule has 1 amide bonds. The van der Waals surface area contributed by atoms with Crippen molar-refractivity contribution in [2.75, 3.05) is 25.6 Å². The highest BCUT2D eigenvalue weighted by Gasteiger charge is 2.17. The van der Waals surface area contributed by atoms with E-state index >= 15 is 0 Å². The highest BCUT2D eigenvalue weighted by Crippen LogP contribution is 2.12. The number of nitrogens with zero attached hydrogens (tertiary/aromatic N) is 2. The van der Waals surface area contributed by atoms with Crippen molar-refractivity contribution in [2.24, 2.45) is 5.73 Å². The first-order valence-corrected chi connectivity index (χ1v) is 6.75. The van der Waals surface area contributed by atoms with E-state index in [2.05, 4.69) is 15.3 Å². The third-order valence-corrected chi connectivity index (χ3v) is 2.65. The molecule has 0 radical (unpaired) electrons. The van der Waals surface area contributed by atoms with E-state index in [1.807, 2.05) is 0 Å². The van der Waals surface area contributed by atoms with Crippen LogP contribution in [0.4, 0.5) is 5.95 Å². The van der Waals surface area contributed by atoms with Crippen molar-refractivity contribution in [3.8, 4) is 0 Å². The lowest BCUT2D eigenvalue weighted by Gasteiger charge is -2.10. The van der Waals surface area contributed by atoms with Crippen molar-refractivity contribution in [1.82, 2.24) is 9.97 Å². The number of rotatable bonds is 8. The molecule has 0 aliphatic rings. The number of nitrogens with one attached hydrogen (secondary N) is 1. The van der Waals surface area contributed by atoms with Gasteiger partial charge < -0.3 is 15.2 Å². The Kier molecular flexibility index (Phi) is 7.51. The molecule has 0 bridgehead atoms. The van der Waals surface area contributed by atoms with Crippen molar-refractivity contribution in [1.29, 1.82) is 0 Å². The van der Waals surface area contributed by atoms with E-state index in [9.17, 15) is 14.4 Å². The monoisotopic (exact) mass is 322 g/mol. The summed E-state index contributed by atoms with van der Waals surface area (Å²) in [6.45, 7) is 1.81. The molecule has 9 heteroatoms. The summed E-state index contributed by atoms with van der Waals surface area (Å²) in [5.74, 6) is -1.23. The van der Waals surface area contributed by atoms with E-state index in [1.165, 1.54) is 13.3 Å². The minimum atomic E-state index is -0.605. The van der Waals surface area contributed by atoms with Crippen LogP contribution in [-0.4, -0.2) is 48.4 Å². The lowest BCUT2D eigenvalue weighted by molar-refractivity contribution is -0.113. The molecule has 3 N–H and O–H groups in total. The smallest absolute Gasteiger partial charge is 0.341 e. The number of hydrogen-bond donors (Lipinski definition) is 2. The largest absolute Gasteiger partial charge is 0.462 e. The summed E-state index contributed by atoms with van der Waals surface area (Å²) in [6.07, 6.45) is 2.75. The Bertz CT molecular complexity index is 615. The second-order valence-electron chi connectivity index (χ2n) is 4.19. The fraction of sp³-hybridized carbons (Fsp3) is 0.357. The molecule has 0 saturated carbocycles. The maximum atomic E-state index is 11.9. The summed E-state index contributed by atoms with van der Waals surface area (Å²) in [6, 6.07) is 0. The first-order valence-electron chi connectivity index (χ1n) is 6.75. The molecule has 1 aromatic rings. The van der Waals surface area contributed by atoms with Crippen molar-refractivity contribution in [3.05, 3.63) is 29.1 Å². The van der Waals surface area contributed by atoms with Gasteiger partial charge in [-0.15, -0.1) is 0 Å². The number of carbonyl (C=O) groups excluding carboxylic acids is 3. The summed E-state index contributed by atoms with van der Waals surface area (Å²) in [5.41, 5.74) is 5.87. The number of carbonyl (C=O) groups is 3. The molecule has 124 valence electrons. The van der Waals surface area contributed by atoms with Crippen LogP contribution in [0.1, 0.15) is 23.0 Å². The van der Waals surface area contributed by atoms with Crippen molar-refractivity contribution >= 4 is 24.1 Å². The maximum absolute atomic E-state index is 11.9. The lowest BCUT2D eigenvalue weighted by atomic mass is 10.2. The van der Waals surface area contributed by atoms with E-state index in [1.54, 1.807) is 6.92 Å². The summed E-state index contributed by atoms with van der Waals surface area (Å²) in [4.78, 5) is 42.1. The first-order chi connectivity index (χ1) is 11.1. The van der Waals surface area contributed by atoms with E-state index in [-0.39, 0.29) is 42.5 Å². The lowest BCUT2D eigenvalue weighted by Crippen LogP contribution is -2.22. The molecular weight excluding hydrogens is 304 g/mol. The van der Waals surface area contributed by atoms with Gasteiger partial charge in [0.2, 0.25) is 5.95 Å². The highest BCUT2D eigenvalue weighted by molar-refractivity contribution is 6.05. The van der Waals surface area contributed by atoms with Crippen LogP contribution in [0.5, 0.6) is 0 Å². The van der Waals surface area contributed by atoms with Crippen molar-refractivity contribution in [3.63, 3.8) is 0 Å². The zero-order valence-corrected chi connectivity index (χ0v) is 12.9. The van der Waals surface area contributed by atoms with Gasteiger partial charge in [0.15, 0.2) is 0 Å². The predicted molar refractivity (Wildman–Crippen MR) is 80.5 cm³/mol. The molecular formula is C14H18N4O5. The van der Waals surface area contributed by atoms with Gasteiger partial charge in [-0.1, -0.05) is 0 Å². The Hall–Kier alpha value is -2.65. The number of amides is 1. The minimum absolute atomic E-state index is 0.0352. The van der Waals surface area contributed by atoms with Gasteiger partial charge in [-0.25, -0.2) is 14.8 Å². The Balaban J connectivity index is 3.03. The molecule has 1 heterocycles. The zero-order valence-electron chi connectivity index (χ0n) is 12.9.